The Hall–Kier alpha value is -0.500. The largest absolute Gasteiger partial charge is 0.277 e. The van der Waals surface area contributed by atoms with Crippen LogP contribution in [0.3, 0.4) is 0 Å². The van der Waals surface area contributed by atoms with E-state index in [1.165, 1.54) is 6.07 Å². The Labute approximate surface area is 115 Å². The molecule has 0 radical (unpaired) electrons. The van der Waals surface area contributed by atoms with Crippen LogP contribution in [0.15, 0.2) is 22.7 Å². The Bertz CT molecular complexity index is 506. The van der Waals surface area contributed by atoms with Crippen molar-refractivity contribution in [1.82, 2.24) is 9.44 Å². The van der Waals surface area contributed by atoms with E-state index in [0.29, 0.717) is 16.6 Å². The predicted octanol–water partition coefficient (Wildman–Crippen LogP) is 2.17. The molecule has 0 aliphatic carbocycles. The third-order valence-corrected chi connectivity index (χ3v) is 3.71. The number of nitrogens with one attached hydrogen (secondary N) is 2. The number of hydrogen-bond acceptors (Lipinski definition) is 2. The molecular weight excluding hydrogens is 323 g/mol. The van der Waals surface area contributed by atoms with E-state index in [1.54, 1.807) is 12.1 Å². The third kappa shape index (κ3) is 5.43. The van der Waals surface area contributed by atoms with E-state index < -0.39 is 16.0 Å². The molecule has 2 N–H and O–H groups in total. The van der Waals surface area contributed by atoms with Gasteiger partial charge >= 0.3 is 0 Å². The molecule has 102 valence electrons. The van der Waals surface area contributed by atoms with Crippen LogP contribution in [0.5, 0.6) is 0 Å². The fourth-order valence-electron chi connectivity index (χ4n) is 1.18. The maximum Gasteiger partial charge on any atom is 0.277 e. The zero-order valence-electron chi connectivity index (χ0n) is 10.2. The van der Waals surface area contributed by atoms with Gasteiger partial charge in [0.05, 0.1) is 0 Å². The van der Waals surface area contributed by atoms with Crippen LogP contribution in [0.25, 0.3) is 0 Å². The summed E-state index contributed by atoms with van der Waals surface area (Å²) in [5, 5.41) is 0. The van der Waals surface area contributed by atoms with Crippen molar-refractivity contribution in [2.45, 2.75) is 20.4 Å². The highest BCUT2D eigenvalue weighted by atomic mass is 79.9. The quantitative estimate of drug-likeness (QED) is 0.835. The van der Waals surface area contributed by atoms with Gasteiger partial charge in [-0.1, -0.05) is 29.8 Å². The average molecular weight is 339 g/mol. The highest BCUT2D eigenvalue weighted by molar-refractivity contribution is 9.10. The van der Waals surface area contributed by atoms with Crippen LogP contribution >= 0.6 is 15.9 Å². The summed E-state index contributed by atoms with van der Waals surface area (Å²) in [6.07, 6.45) is 0. The summed E-state index contributed by atoms with van der Waals surface area (Å²) in [6, 6.07) is 4.39. The SMILES string of the molecule is CC(C)CNS(=O)(=O)NCc1cc(Br)ccc1F. The highest BCUT2D eigenvalue weighted by Gasteiger charge is 2.11. The van der Waals surface area contributed by atoms with E-state index >= 15 is 0 Å². The van der Waals surface area contributed by atoms with Gasteiger partial charge in [-0.3, -0.25) is 0 Å². The van der Waals surface area contributed by atoms with Gasteiger partial charge in [-0.05, 0) is 24.1 Å². The molecule has 1 aromatic carbocycles. The van der Waals surface area contributed by atoms with Crippen LogP contribution in [0.2, 0.25) is 0 Å². The smallest absolute Gasteiger partial charge is 0.207 e. The Balaban J connectivity index is 2.61. The van der Waals surface area contributed by atoms with Gasteiger partial charge in [0, 0.05) is 23.1 Å². The lowest BCUT2D eigenvalue weighted by Gasteiger charge is -2.10. The van der Waals surface area contributed by atoms with Crippen LogP contribution in [-0.4, -0.2) is 15.0 Å². The van der Waals surface area contributed by atoms with E-state index in [2.05, 4.69) is 25.4 Å². The molecule has 0 bridgehead atoms. The van der Waals surface area contributed by atoms with Crippen molar-refractivity contribution in [2.24, 2.45) is 5.92 Å². The summed E-state index contributed by atoms with van der Waals surface area (Å²) < 4.78 is 41.9. The number of benzene rings is 1. The topological polar surface area (TPSA) is 58.2 Å². The molecule has 1 rings (SSSR count). The van der Waals surface area contributed by atoms with Crippen LogP contribution < -0.4 is 9.44 Å². The van der Waals surface area contributed by atoms with Crippen molar-refractivity contribution in [1.29, 1.82) is 0 Å². The molecule has 0 spiro atoms. The predicted molar refractivity (Wildman–Crippen MR) is 72.7 cm³/mol. The van der Waals surface area contributed by atoms with Crippen molar-refractivity contribution in [3.8, 4) is 0 Å². The van der Waals surface area contributed by atoms with Crippen molar-refractivity contribution in [3.05, 3.63) is 34.1 Å². The molecule has 18 heavy (non-hydrogen) atoms. The van der Waals surface area contributed by atoms with Gasteiger partial charge in [0.15, 0.2) is 0 Å². The van der Waals surface area contributed by atoms with Gasteiger partial charge in [0.2, 0.25) is 0 Å². The van der Waals surface area contributed by atoms with Crippen LogP contribution in [-0.2, 0) is 16.8 Å². The first kappa shape index (κ1) is 15.6. The molecule has 0 aromatic heterocycles. The number of halogens is 2. The average Bonchev–Trinajstić information content (AvgIpc) is 2.28. The minimum absolute atomic E-state index is 0.0846. The Morgan fingerprint density at radius 1 is 1.33 bits per heavy atom. The van der Waals surface area contributed by atoms with E-state index in [1.807, 2.05) is 13.8 Å². The first-order valence-electron chi connectivity index (χ1n) is 5.48. The summed E-state index contributed by atoms with van der Waals surface area (Å²) >= 11 is 3.21. The lowest BCUT2D eigenvalue weighted by molar-refractivity contribution is 0.544. The fourth-order valence-corrected chi connectivity index (χ4v) is 2.59. The molecule has 0 amide bonds. The van der Waals surface area contributed by atoms with Gasteiger partial charge in [-0.25, -0.2) is 9.11 Å². The van der Waals surface area contributed by atoms with Crippen LogP contribution in [0.4, 0.5) is 4.39 Å². The van der Waals surface area contributed by atoms with E-state index in [9.17, 15) is 12.8 Å². The molecule has 4 nitrogen and oxygen atoms in total. The molecule has 1 aromatic rings. The molecule has 0 saturated heterocycles. The zero-order valence-corrected chi connectivity index (χ0v) is 12.6. The summed E-state index contributed by atoms with van der Waals surface area (Å²) in [5.41, 5.74) is 0.291. The zero-order chi connectivity index (χ0) is 13.8. The van der Waals surface area contributed by atoms with Crippen LogP contribution in [0.1, 0.15) is 19.4 Å². The van der Waals surface area contributed by atoms with E-state index in [0.717, 1.165) is 0 Å². The molecule has 0 aliphatic heterocycles. The fraction of sp³-hybridized carbons (Fsp3) is 0.455. The maximum absolute atomic E-state index is 13.4. The van der Waals surface area contributed by atoms with Gasteiger partial charge in [-0.15, -0.1) is 0 Å². The minimum atomic E-state index is -3.59. The second-order valence-corrected chi connectivity index (χ2v) is 6.80. The standard InChI is InChI=1S/C11H16BrFN2O2S/c1-8(2)6-14-18(16,17)15-7-9-5-10(12)3-4-11(9)13/h3-5,8,14-15H,6-7H2,1-2H3. The second-order valence-electron chi connectivity index (χ2n) is 4.30. The van der Waals surface area contributed by atoms with E-state index in [-0.39, 0.29) is 12.5 Å². The molecule has 0 atom stereocenters. The first-order valence-corrected chi connectivity index (χ1v) is 7.76. The Kier molecular flexibility index (Phi) is 5.71. The van der Waals surface area contributed by atoms with E-state index in [4.69, 9.17) is 0 Å². The number of hydrogen-bond donors (Lipinski definition) is 2. The van der Waals surface area contributed by atoms with Gasteiger partial charge < -0.3 is 0 Å². The lowest BCUT2D eigenvalue weighted by atomic mass is 10.2. The summed E-state index contributed by atoms with van der Waals surface area (Å²) in [5.74, 6) is -0.228. The normalized spacial score (nSPS) is 12.1. The highest BCUT2D eigenvalue weighted by Crippen LogP contribution is 2.15. The van der Waals surface area contributed by atoms with Gasteiger partial charge in [0.25, 0.3) is 10.2 Å². The van der Waals surface area contributed by atoms with Crippen molar-refractivity contribution < 1.29 is 12.8 Å². The molecular formula is C11H16BrFN2O2S. The summed E-state index contributed by atoms with van der Waals surface area (Å²) in [6.45, 7) is 4.06. The molecule has 0 saturated carbocycles. The number of rotatable bonds is 6. The van der Waals surface area contributed by atoms with Gasteiger partial charge in [0.1, 0.15) is 5.82 Å². The molecule has 0 aliphatic rings. The minimum Gasteiger partial charge on any atom is -0.207 e. The third-order valence-electron chi connectivity index (χ3n) is 2.14. The Morgan fingerprint density at radius 3 is 2.61 bits per heavy atom. The lowest BCUT2D eigenvalue weighted by Crippen LogP contribution is -2.38. The van der Waals surface area contributed by atoms with Gasteiger partial charge in [-0.2, -0.15) is 13.1 Å². The maximum atomic E-state index is 13.4. The monoisotopic (exact) mass is 338 g/mol. The Morgan fingerprint density at radius 2 is 2.00 bits per heavy atom. The van der Waals surface area contributed by atoms with Crippen molar-refractivity contribution in [2.75, 3.05) is 6.54 Å². The molecule has 0 unspecified atom stereocenters. The molecule has 0 fully saturated rings. The second kappa shape index (κ2) is 6.60. The first-order chi connectivity index (χ1) is 8.30. The van der Waals surface area contributed by atoms with Crippen molar-refractivity contribution in [3.63, 3.8) is 0 Å². The van der Waals surface area contributed by atoms with Crippen molar-refractivity contribution >= 4 is 26.1 Å². The summed E-state index contributed by atoms with van der Waals surface area (Å²) in [4.78, 5) is 0. The molecule has 0 heterocycles. The molecule has 7 heteroatoms. The van der Waals surface area contributed by atoms with Crippen LogP contribution in [0, 0.1) is 11.7 Å². The summed E-state index contributed by atoms with van der Waals surface area (Å²) in [7, 11) is -3.59.